The van der Waals surface area contributed by atoms with Gasteiger partial charge in [0.25, 0.3) is 10.0 Å². The van der Waals surface area contributed by atoms with Crippen LogP contribution in [-0.2, 0) is 14.8 Å². The Hall–Kier alpha value is -1.18. The summed E-state index contributed by atoms with van der Waals surface area (Å²) in [5, 5.41) is 2.93. The Morgan fingerprint density at radius 1 is 1.56 bits per heavy atom. The monoisotopic (exact) mass is 271 g/mol. The van der Waals surface area contributed by atoms with E-state index < -0.39 is 10.0 Å². The van der Waals surface area contributed by atoms with Crippen molar-refractivity contribution in [3.8, 4) is 0 Å². The summed E-state index contributed by atoms with van der Waals surface area (Å²) in [5.74, 6) is 0. The molecule has 1 atom stereocenters. The number of pyridine rings is 1. The summed E-state index contributed by atoms with van der Waals surface area (Å²) < 4.78 is 31.8. The predicted molar refractivity (Wildman–Crippen MR) is 68.0 cm³/mol. The van der Waals surface area contributed by atoms with Crippen LogP contribution >= 0.6 is 0 Å². The minimum Gasteiger partial charge on any atom is -0.386 e. The topological polar surface area (TPSA) is 71.5 Å². The highest BCUT2D eigenvalue weighted by Gasteiger charge is 2.33. The van der Waals surface area contributed by atoms with E-state index in [1.807, 2.05) is 6.92 Å². The molecule has 0 aliphatic carbocycles. The molecule has 1 unspecified atom stereocenters. The van der Waals surface area contributed by atoms with E-state index in [0.29, 0.717) is 25.4 Å². The maximum Gasteiger partial charge on any atom is 0.263 e. The molecule has 1 saturated heterocycles. The molecule has 6 nitrogen and oxygen atoms in total. The van der Waals surface area contributed by atoms with Gasteiger partial charge in [-0.3, -0.25) is 0 Å². The van der Waals surface area contributed by atoms with E-state index in [1.165, 1.54) is 10.5 Å². The van der Waals surface area contributed by atoms with Crippen molar-refractivity contribution >= 4 is 15.7 Å². The number of nitrogens with one attached hydrogen (secondary N) is 1. The molecule has 1 N–H and O–H groups in total. The van der Waals surface area contributed by atoms with Gasteiger partial charge in [0.1, 0.15) is 0 Å². The van der Waals surface area contributed by atoms with E-state index in [2.05, 4.69) is 10.3 Å². The zero-order valence-corrected chi connectivity index (χ0v) is 11.3. The van der Waals surface area contributed by atoms with Crippen molar-refractivity contribution in [2.75, 3.05) is 32.1 Å². The van der Waals surface area contributed by atoms with E-state index >= 15 is 0 Å². The van der Waals surface area contributed by atoms with Crippen LogP contribution in [0.4, 0.5) is 5.69 Å². The van der Waals surface area contributed by atoms with Crippen molar-refractivity contribution in [3.05, 3.63) is 18.3 Å². The Balaban J connectivity index is 2.41. The van der Waals surface area contributed by atoms with Gasteiger partial charge in [-0.05, 0) is 19.1 Å². The summed E-state index contributed by atoms with van der Waals surface area (Å²) in [4.78, 5) is 4.00. The summed E-state index contributed by atoms with van der Waals surface area (Å²) in [5.41, 5.74) is 0.510. The number of anilines is 1. The molecule has 1 fully saturated rings. The van der Waals surface area contributed by atoms with Gasteiger partial charge in [0, 0.05) is 25.8 Å². The molecule has 7 heteroatoms. The minimum absolute atomic E-state index is 0.0706. The molecular formula is C11H17N3O3S. The van der Waals surface area contributed by atoms with Crippen LogP contribution in [0.15, 0.2) is 23.4 Å². The first-order valence-corrected chi connectivity index (χ1v) is 7.23. The smallest absolute Gasteiger partial charge is 0.263 e. The number of hydrogen-bond donors (Lipinski definition) is 1. The van der Waals surface area contributed by atoms with E-state index in [0.717, 1.165) is 0 Å². The number of morpholine rings is 1. The minimum atomic E-state index is -3.57. The van der Waals surface area contributed by atoms with E-state index in [1.54, 1.807) is 19.2 Å². The first-order chi connectivity index (χ1) is 8.57. The molecule has 0 amide bonds. The second kappa shape index (κ2) is 5.21. The Bertz CT molecular complexity index is 518. The van der Waals surface area contributed by atoms with Gasteiger partial charge >= 0.3 is 0 Å². The molecule has 1 aliphatic rings. The maximum absolute atomic E-state index is 12.5. The van der Waals surface area contributed by atoms with Crippen LogP contribution in [-0.4, -0.2) is 50.6 Å². The van der Waals surface area contributed by atoms with Gasteiger partial charge < -0.3 is 10.1 Å². The van der Waals surface area contributed by atoms with Crippen molar-refractivity contribution in [3.63, 3.8) is 0 Å². The SMILES string of the molecule is CNc1cccnc1S(=O)(=O)N1CCOCC1C. The van der Waals surface area contributed by atoms with Crippen LogP contribution in [0, 0.1) is 0 Å². The van der Waals surface area contributed by atoms with Gasteiger partial charge in [-0.2, -0.15) is 4.31 Å². The van der Waals surface area contributed by atoms with Gasteiger partial charge in [0.2, 0.25) is 0 Å². The number of aromatic nitrogens is 1. The van der Waals surface area contributed by atoms with Crippen LogP contribution in [0.2, 0.25) is 0 Å². The number of sulfonamides is 1. The highest BCUT2D eigenvalue weighted by Crippen LogP contribution is 2.24. The van der Waals surface area contributed by atoms with Gasteiger partial charge in [-0.1, -0.05) is 0 Å². The first kappa shape index (κ1) is 13.3. The second-order valence-corrected chi connectivity index (χ2v) is 5.95. The fraction of sp³-hybridized carbons (Fsp3) is 0.545. The number of nitrogens with zero attached hydrogens (tertiary/aromatic N) is 2. The fourth-order valence-electron chi connectivity index (χ4n) is 1.97. The Labute approximate surface area is 107 Å². The standard InChI is InChI=1S/C11H17N3O3S/c1-9-8-17-7-6-14(9)18(15,16)11-10(12-2)4-3-5-13-11/h3-5,9,12H,6-8H2,1-2H3. The van der Waals surface area contributed by atoms with Crippen LogP contribution in [0.3, 0.4) is 0 Å². The molecule has 100 valence electrons. The van der Waals surface area contributed by atoms with Gasteiger partial charge in [-0.25, -0.2) is 13.4 Å². The Kier molecular flexibility index (Phi) is 3.84. The van der Waals surface area contributed by atoms with Crippen LogP contribution in [0.5, 0.6) is 0 Å². The van der Waals surface area contributed by atoms with Crippen molar-refractivity contribution in [1.29, 1.82) is 0 Å². The third-order valence-electron chi connectivity index (χ3n) is 2.90. The first-order valence-electron chi connectivity index (χ1n) is 5.79. The highest BCUT2D eigenvalue weighted by molar-refractivity contribution is 7.89. The van der Waals surface area contributed by atoms with Gasteiger partial charge in [0.15, 0.2) is 5.03 Å². The molecule has 1 aromatic rings. The van der Waals surface area contributed by atoms with Gasteiger partial charge in [0.05, 0.1) is 18.9 Å². The number of ether oxygens (including phenoxy) is 1. The van der Waals surface area contributed by atoms with Crippen molar-refractivity contribution in [2.24, 2.45) is 0 Å². The lowest BCUT2D eigenvalue weighted by atomic mass is 10.3. The molecule has 0 spiro atoms. The molecule has 1 aliphatic heterocycles. The Morgan fingerprint density at radius 2 is 2.33 bits per heavy atom. The predicted octanol–water partition coefficient (Wildman–Crippen LogP) is 0.533. The van der Waals surface area contributed by atoms with Crippen molar-refractivity contribution in [1.82, 2.24) is 9.29 Å². The molecule has 0 radical (unpaired) electrons. The van der Waals surface area contributed by atoms with Crippen LogP contribution in [0.1, 0.15) is 6.92 Å². The number of hydrogen-bond acceptors (Lipinski definition) is 5. The largest absolute Gasteiger partial charge is 0.386 e. The summed E-state index contributed by atoms with van der Waals surface area (Å²) in [6, 6.07) is 3.23. The van der Waals surface area contributed by atoms with E-state index in [9.17, 15) is 8.42 Å². The maximum atomic E-state index is 12.5. The average Bonchev–Trinajstić information content (AvgIpc) is 2.39. The zero-order valence-electron chi connectivity index (χ0n) is 10.5. The number of rotatable bonds is 3. The summed E-state index contributed by atoms with van der Waals surface area (Å²) in [6.45, 7) is 3.04. The van der Waals surface area contributed by atoms with Crippen molar-refractivity contribution < 1.29 is 13.2 Å². The summed E-state index contributed by atoms with van der Waals surface area (Å²) in [6.07, 6.45) is 1.48. The molecule has 0 aromatic carbocycles. The van der Waals surface area contributed by atoms with Crippen LogP contribution in [0.25, 0.3) is 0 Å². The van der Waals surface area contributed by atoms with E-state index in [-0.39, 0.29) is 11.1 Å². The lowest BCUT2D eigenvalue weighted by Crippen LogP contribution is -2.47. The average molecular weight is 271 g/mol. The summed E-state index contributed by atoms with van der Waals surface area (Å²) >= 11 is 0. The second-order valence-electron chi connectivity index (χ2n) is 4.15. The molecule has 18 heavy (non-hydrogen) atoms. The Morgan fingerprint density at radius 3 is 3.00 bits per heavy atom. The summed E-state index contributed by atoms with van der Waals surface area (Å²) in [7, 11) is -1.89. The fourth-order valence-corrected chi connectivity index (χ4v) is 3.68. The lowest BCUT2D eigenvalue weighted by Gasteiger charge is -2.32. The van der Waals surface area contributed by atoms with Crippen molar-refractivity contribution in [2.45, 2.75) is 18.0 Å². The lowest BCUT2D eigenvalue weighted by molar-refractivity contribution is 0.0392. The molecule has 2 heterocycles. The van der Waals surface area contributed by atoms with Crippen LogP contribution < -0.4 is 5.32 Å². The van der Waals surface area contributed by atoms with Gasteiger partial charge in [-0.15, -0.1) is 0 Å². The normalized spacial score (nSPS) is 21.8. The third-order valence-corrected chi connectivity index (χ3v) is 4.87. The third kappa shape index (κ3) is 2.33. The molecule has 1 aromatic heterocycles. The quantitative estimate of drug-likeness (QED) is 0.868. The highest BCUT2D eigenvalue weighted by atomic mass is 32.2. The van der Waals surface area contributed by atoms with E-state index in [4.69, 9.17) is 4.74 Å². The molecule has 0 saturated carbocycles. The zero-order chi connectivity index (χ0) is 13.2. The molecular weight excluding hydrogens is 254 g/mol. The molecule has 0 bridgehead atoms. The molecule has 2 rings (SSSR count).